The van der Waals surface area contributed by atoms with Crippen LogP contribution < -0.4 is 5.32 Å². The Labute approximate surface area is 172 Å². The van der Waals surface area contributed by atoms with E-state index in [0.29, 0.717) is 11.1 Å². The average Bonchev–Trinajstić information content (AvgIpc) is 3.15. The third-order valence-corrected chi connectivity index (χ3v) is 8.63. The lowest BCUT2D eigenvalue weighted by Gasteiger charge is -2.39. The number of carbonyl (C=O) groups excluding carboxylic acids is 3. The summed E-state index contributed by atoms with van der Waals surface area (Å²) >= 11 is 0. The fourth-order valence-electron chi connectivity index (χ4n) is 5.46. The third-order valence-electron chi connectivity index (χ3n) is 6.88. The maximum atomic E-state index is 13.2. The van der Waals surface area contributed by atoms with Gasteiger partial charge in [-0.2, -0.15) is 0 Å². The van der Waals surface area contributed by atoms with E-state index in [0.717, 1.165) is 30.4 Å². The third kappa shape index (κ3) is 1.95. The second-order valence-corrected chi connectivity index (χ2v) is 10.6. The van der Waals surface area contributed by atoms with Crippen molar-refractivity contribution in [3.05, 3.63) is 68.1 Å². The highest BCUT2D eigenvalue weighted by Crippen LogP contribution is 2.50. The Bertz CT molecular complexity index is 1380. The summed E-state index contributed by atoms with van der Waals surface area (Å²) < 4.78 is 30.6. The highest BCUT2D eigenvalue weighted by molar-refractivity contribution is 7.96. The molecule has 7 nitrogen and oxygen atoms in total. The molecule has 1 N–H and O–H groups in total. The van der Waals surface area contributed by atoms with E-state index in [-0.39, 0.29) is 40.7 Å². The molecule has 0 radical (unpaired) electrons. The Morgan fingerprint density at radius 1 is 1.03 bits per heavy atom. The van der Waals surface area contributed by atoms with E-state index in [4.69, 9.17) is 4.42 Å². The zero-order chi connectivity index (χ0) is 21.0. The van der Waals surface area contributed by atoms with E-state index >= 15 is 0 Å². The number of nitrogens with one attached hydrogen (secondary N) is 1. The summed E-state index contributed by atoms with van der Waals surface area (Å²) in [5, 5.41) is 2.80. The van der Waals surface area contributed by atoms with E-state index in [1.54, 1.807) is 12.3 Å². The number of fused-ring (bicyclic) bond motifs is 3. The van der Waals surface area contributed by atoms with Gasteiger partial charge in [-0.1, -0.05) is 6.92 Å². The molecule has 4 aliphatic rings. The number of aryl methyl sites for hydroxylation is 1. The van der Waals surface area contributed by atoms with Crippen LogP contribution >= 0.6 is 0 Å². The fourth-order valence-corrected chi connectivity index (χ4v) is 6.91. The SMILES string of the molecule is CC12CCCc3coc(c31)C(=O)c1cc3c(cc12)C(=O)C1=C(C3=O)S(=O)(=O)CCN1. The maximum absolute atomic E-state index is 13.2. The van der Waals surface area contributed by atoms with E-state index in [1.807, 2.05) is 6.92 Å². The lowest BCUT2D eigenvalue weighted by Crippen LogP contribution is -2.42. The van der Waals surface area contributed by atoms with Crippen LogP contribution in [0.2, 0.25) is 0 Å². The Morgan fingerprint density at radius 2 is 1.80 bits per heavy atom. The van der Waals surface area contributed by atoms with Gasteiger partial charge < -0.3 is 9.73 Å². The molecule has 0 fully saturated rings. The Balaban J connectivity index is 1.64. The summed E-state index contributed by atoms with van der Waals surface area (Å²) in [5.41, 5.74) is 2.34. The number of furan rings is 1. The second-order valence-electron chi connectivity index (χ2n) is 8.53. The minimum Gasteiger partial charge on any atom is -0.460 e. The summed E-state index contributed by atoms with van der Waals surface area (Å²) in [4.78, 5) is 39.0. The number of hydrogen-bond acceptors (Lipinski definition) is 7. The van der Waals surface area contributed by atoms with Crippen LogP contribution in [0.1, 0.15) is 73.3 Å². The quantitative estimate of drug-likeness (QED) is 0.691. The van der Waals surface area contributed by atoms with Crippen molar-refractivity contribution in [2.24, 2.45) is 0 Å². The number of benzene rings is 1. The second kappa shape index (κ2) is 5.37. The molecule has 1 aliphatic heterocycles. The van der Waals surface area contributed by atoms with E-state index in [9.17, 15) is 22.8 Å². The number of sulfone groups is 1. The standard InChI is InChI=1S/C22H17NO6S/c1-22-4-2-3-10-9-29-20(15(10)22)18(25)13-7-11-12(8-14(13)22)17(24)16-21(19(11)26)30(27,28)6-5-23-16/h7-9,23H,2-6H2,1H3. The molecule has 0 bridgehead atoms. The summed E-state index contributed by atoms with van der Waals surface area (Å²) in [5.74, 6) is -1.56. The Hall–Kier alpha value is -3.00. The molecule has 1 unspecified atom stereocenters. The highest BCUT2D eigenvalue weighted by atomic mass is 32.2. The smallest absolute Gasteiger partial charge is 0.228 e. The van der Waals surface area contributed by atoms with Gasteiger partial charge in [0.15, 0.2) is 15.6 Å². The molecule has 8 heteroatoms. The molecular weight excluding hydrogens is 406 g/mol. The van der Waals surface area contributed by atoms with Crippen LogP contribution in [0.3, 0.4) is 0 Å². The zero-order valence-electron chi connectivity index (χ0n) is 16.1. The lowest BCUT2D eigenvalue weighted by atomic mass is 9.62. The molecule has 1 aromatic heterocycles. The predicted molar refractivity (Wildman–Crippen MR) is 105 cm³/mol. The number of allylic oxidation sites excluding steroid dienone is 2. The molecular formula is C22H17NO6S. The summed E-state index contributed by atoms with van der Waals surface area (Å²) in [6.07, 6.45) is 4.15. The minimum absolute atomic E-state index is 0.0345. The van der Waals surface area contributed by atoms with Crippen LogP contribution in [0.4, 0.5) is 0 Å². The minimum atomic E-state index is -3.86. The predicted octanol–water partition coefficient (Wildman–Crippen LogP) is 2.07. The van der Waals surface area contributed by atoms with Gasteiger partial charge in [-0.3, -0.25) is 14.4 Å². The van der Waals surface area contributed by atoms with E-state index in [1.165, 1.54) is 6.07 Å². The van der Waals surface area contributed by atoms with Crippen molar-refractivity contribution in [1.82, 2.24) is 5.32 Å². The summed E-state index contributed by atoms with van der Waals surface area (Å²) in [6.45, 7) is 2.11. The van der Waals surface area contributed by atoms with Gasteiger partial charge in [0.25, 0.3) is 0 Å². The van der Waals surface area contributed by atoms with E-state index in [2.05, 4.69) is 5.32 Å². The first-order chi connectivity index (χ1) is 14.2. The van der Waals surface area contributed by atoms with Gasteiger partial charge in [0, 0.05) is 34.2 Å². The van der Waals surface area contributed by atoms with Crippen LogP contribution in [0.5, 0.6) is 0 Å². The fraction of sp³-hybridized carbons (Fsp3) is 0.318. The summed E-state index contributed by atoms with van der Waals surface area (Å²) in [6, 6.07) is 3.02. The molecule has 0 spiro atoms. The molecule has 0 amide bonds. The van der Waals surface area contributed by atoms with Gasteiger partial charge in [-0.25, -0.2) is 8.42 Å². The lowest BCUT2D eigenvalue weighted by molar-refractivity contribution is 0.0970. The van der Waals surface area contributed by atoms with Crippen LogP contribution in [-0.4, -0.2) is 38.1 Å². The van der Waals surface area contributed by atoms with Crippen molar-refractivity contribution in [1.29, 1.82) is 0 Å². The Morgan fingerprint density at radius 3 is 2.60 bits per heavy atom. The normalized spacial score (nSPS) is 25.8. The van der Waals surface area contributed by atoms with Crippen molar-refractivity contribution in [2.75, 3.05) is 12.3 Å². The number of Topliss-reactive ketones (excluding diaryl/α,β-unsaturated/α-hetero) is 2. The molecule has 0 saturated carbocycles. The van der Waals surface area contributed by atoms with Crippen molar-refractivity contribution in [3.63, 3.8) is 0 Å². The van der Waals surface area contributed by atoms with Gasteiger partial charge in [0.2, 0.25) is 17.3 Å². The molecule has 1 atom stereocenters. The monoisotopic (exact) mass is 423 g/mol. The van der Waals surface area contributed by atoms with Crippen molar-refractivity contribution >= 4 is 27.2 Å². The van der Waals surface area contributed by atoms with Gasteiger partial charge in [-0.15, -0.1) is 0 Å². The molecule has 1 aromatic carbocycles. The van der Waals surface area contributed by atoms with Crippen molar-refractivity contribution in [2.45, 2.75) is 31.6 Å². The largest absolute Gasteiger partial charge is 0.460 e. The van der Waals surface area contributed by atoms with Gasteiger partial charge in [0.05, 0.1) is 12.0 Å². The van der Waals surface area contributed by atoms with Crippen LogP contribution in [0.15, 0.2) is 33.4 Å². The first-order valence-corrected chi connectivity index (χ1v) is 11.5. The maximum Gasteiger partial charge on any atom is 0.228 e. The first-order valence-electron chi connectivity index (χ1n) is 9.88. The molecule has 2 aromatic rings. The first kappa shape index (κ1) is 17.8. The Kier molecular flexibility index (Phi) is 3.19. The van der Waals surface area contributed by atoms with E-state index < -0.39 is 31.7 Å². The number of hydrogen-bond donors (Lipinski definition) is 1. The van der Waals surface area contributed by atoms with Crippen molar-refractivity contribution in [3.8, 4) is 0 Å². The molecule has 3 aliphatic carbocycles. The van der Waals surface area contributed by atoms with Crippen LogP contribution in [0.25, 0.3) is 0 Å². The number of rotatable bonds is 0. The van der Waals surface area contributed by atoms with Crippen molar-refractivity contribution < 1.29 is 27.2 Å². The number of ketones is 3. The topological polar surface area (TPSA) is 111 Å². The molecule has 30 heavy (non-hydrogen) atoms. The highest BCUT2D eigenvalue weighted by Gasteiger charge is 2.48. The van der Waals surface area contributed by atoms with Gasteiger partial charge in [0.1, 0.15) is 10.6 Å². The van der Waals surface area contributed by atoms with Gasteiger partial charge in [-0.05, 0) is 42.5 Å². The average molecular weight is 423 g/mol. The summed E-state index contributed by atoms with van der Waals surface area (Å²) in [7, 11) is -3.86. The zero-order valence-corrected chi connectivity index (χ0v) is 16.9. The molecule has 152 valence electrons. The van der Waals surface area contributed by atoms with Crippen LogP contribution in [0, 0.1) is 0 Å². The van der Waals surface area contributed by atoms with Gasteiger partial charge >= 0.3 is 0 Å². The van der Waals surface area contributed by atoms with Crippen LogP contribution in [-0.2, 0) is 21.7 Å². The molecule has 6 rings (SSSR count). The molecule has 2 heterocycles. The number of carbonyl (C=O) groups is 3. The molecule has 0 saturated heterocycles.